The molecule has 0 fully saturated rings. The minimum absolute atomic E-state index is 0.0228. The van der Waals surface area contributed by atoms with Gasteiger partial charge in [-0.2, -0.15) is 15.0 Å². The van der Waals surface area contributed by atoms with Crippen molar-refractivity contribution in [2.24, 2.45) is 0 Å². The number of carbonyl (C=O) groups excluding carboxylic acids is 1. The van der Waals surface area contributed by atoms with Gasteiger partial charge < -0.3 is 30.0 Å². The number of halogens is 1. The minimum atomic E-state index is -0.609. The molecule has 0 unspecified atom stereocenters. The molecular weight excluding hydrogens is 470 g/mol. The van der Waals surface area contributed by atoms with Crippen LogP contribution in [0.3, 0.4) is 0 Å². The maximum absolute atomic E-state index is 12.5. The average Bonchev–Trinajstić information content (AvgIpc) is 2.77. The Morgan fingerprint density at radius 2 is 1.65 bits per heavy atom. The second kappa shape index (κ2) is 9.94. The molecule has 0 aliphatic heterocycles. The topological polar surface area (TPSA) is 131 Å². The number of anilines is 3. The van der Waals surface area contributed by atoms with Gasteiger partial charge in [0.15, 0.2) is 12.4 Å². The number of esters is 1. The lowest BCUT2D eigenvalue weighted by molar-refractivity contribution is 0.0461. The summed E-state index contributed by atoms with van der Waals surface area (Å²) in [4.78, 5) is 24.8. The monoisotopic (exact) mass is 489 g/mol. The largest absolute Gasteiger partial charge is 0.495 e. The molecule has 162 valence electrons. The molecule has 31 heavy (non-hydrogen) atoms. The molecule has 0 radical (unpaired) electrons. The van der Waals surface area contributed by atoms with Crippen LogP contribution in [0.25, 0.3) is 0 Å². The minimum Gasteiger partial charge on any atom is -0.495 e. The summed E-state index contributed by atoms with van der Waals surface area (Å²) in [5.41, 5.74) is 6.67. The first kappa shape index (κ1) is 22.1. The van der Waals surface area contributed by atoms with Crippen molar-refractivity contribution in [2.45, 2.75) is 6.61 Å². The van der Waals surface area contributed by atoms with Crippen molar-refractivity contribution in [2.75, 3.05) is 32.4 Å². The predicted octanol–water partition coefficient (Wildman–Crippen LogP) is 3.34. The van der Waals surface area contributed by atoms with Crippen LogP contribution in [-0.2, 0) is 11.3 Å². The van der Waals surface area contributed by atoms with Crippen LogP contribution in [0.2, 0.25) is 0 Å². The molecule has 0 aliphatic carbocycles. The van der Waals surface area contributed by atoms with E-state index < -0.39 is 5.97 Å². The van der Waals surface area contributed by atoms with Gasteiger partial charge in [0.1, 0.15) is 21.7 Å². The zero-order chi connectivity index (χ0) is 22.4. The summed E-state index contributed by atoms with van der Waals surface area (Å²) in [6.07, 6.45) is 0. The number of carbonyl (C=O) groups is 1. The molecule has 3 aromatic rings. The smallest absolute Gasteiger partial charge is 0.338 e. The highest BCUT2D eigenvalue weighted by Gasteiger charge is 2.17. The van der Waals surface area contributed by atoms with Gasteiger partial charge in [0.25, 0.3) is 0 Å². The molecule has 0 amide bonds. The van der Waals surface area contributed by atoms with Crippen molar-refractivity contribution in [3.8, 4) is 17.2 Å². The number of nitrogens with two attached hydrogens (primary N) is 1. The molecule has 3 N–H and O–H groups in total. The van der Waals surface area contributed by atoms with E-state index in [4.69, 9.17) is 24.7 Å². The van der Waals surface area contributed by atoms with E-state index in [0.29, 0.717) is 27.4 Å². The van der Waals surface area contributed by atoms with Gasteiger partial charge in [-0.25, -0.2) is 4.79 Å². The quantitative estimate of drug-likeness (QED) is 0.454. The number of hydrogen-bond acceptors (Lipinski definition) is 10. The second-order valence-electron chi connectivity index (χ2n) is 6.03. The van der Waals surface area contributed by atoms with E-state index in [1.165, 1.54) is 26.4 Å². The van der Waals surface area contributed by atoms with Gasteiger partial charge in [-0.3, -0.25) is 0 Å². The molecule has 10 nitrogen and oxygen atoms in total. The molecule has 2 aromatic carbocycles. The Morgan fingerprint density at radius 3 is 2.29 bits per heavy atom. The molecule has 1 aromatic heterocycles. The third kappa shape index (κ3) is 5.31. The van der Waals surface area contributed by atoms with Crippen LogP contribution in [0.5, 0.6) is 17.2 Å². The molecular formula is C20H20BrN5O5. The number of nitrogen functional groups attached to an aromatic ring is 1. The van der Waals surface area contributed by atoms with Crippen LogP contribution >= 0.6 is 15.9 Å². The third-order valence-electron chi connectivity index (χ3n) is 4.07. The van der Waals surface area contributed by atoms with Crippen molar-refractivity contribution in [1.29, 1.82) is 0 Å². The summed E-state index contributed by atoms with van der Waals surface area (Å²) in [5.74, 6) is 1.20. The molecule has 11 heteroatoms. The van der Waals surface area contributed by atoms with Crippen LogP contribution in [-0.4, -0.2) is 42.3 Å². The summed E-state index contributed by atoms with van der Waals surface area (Å²) in [6, 6.07) is 10.3. The van der Waals surface area contributed by atoms with Gasteiger partial charge in [0.05, 0.1) is 32.6 Å². The average molecular weight is 490 g/mol. The molecule has 1 heterocycles. The number of methoxy groups -OCH3 is 3. The van der Waals surface area contributed by atoms with E-state index >= 15 is 0 Å². The number of rotatable bonds is 8. The highest BCUT2D eigenvalue weighted by molar-refractivity contribution is 9.10. The van der Waals surface area contributed by atoms with Crippen LogP contribution < -0.4 is 25.3 Å². The van der Waals surface area contributed by atoms with E-state index in [2.05, 4.69) is 36.2 Å². The predicted molar refractivity (Wildman–Crippen MR) is 117 cm³/mol. The lowest BCUT2D eigenvalue weighted by Crippen LogP contribution is -2.11. The fraction of sp³-hybridized carbons (Fsp3) is 0.200. The van der Waals surface area contributed by atoms with E-state index in [0.717, 1.165) is 0 Å². The first-order chi connectivity index (χ1) is 14.9. The van der Waals surface area contributed by atoms with Gasteiger partial charge in [0, 0.05) is 0 Å². The Morgan fingerprint density at radius 1 is 1.00 bits per heavy atom. The zero-order valence-corrected chi connectivity index (χ0v) is 18.6. The lowest BCUT2D eigenvalue weighted by atomic mass is 10.2. The van der Waals surface area contributed by atoms with E-state index in [1.54, 1.807) is 19.2 Å². The van der Waals surface area contributed by atoms with Crippen molar-refractivity contribution >= 4 is 39.5 Å². The first-order valence-corrected chi connectivity index (χ1v) is 9.73. The summed E-state index contributed by atoms with van der Waals surface area (Å²) in [7, 11) is 4.52. The molecule has 0 saturated carbocycles. The molecule has 0 spiro atoms. The van der Waals surface area contributed by atoms with Gasteiger partial charge >= 0.3 is 5.97 Å². The van der Waals surface area contributed by atoms with E-state index in [-0.39, 0.29) is 29.9 Å². The number of nitrogens with zero attached hydrogens (tertiary/aromatic N) is 3. The number of ether oxygens (including phenoxy) is 4. The van der Waals surface area contributed by atoms with Crippen molar-refractivity contribution in [3.63, 3.8) is 0 Å². The number of para-hydroxylation sites is 2. The van der Waals surface area contributed by atoms with Crippen LogP contribution in [0, 0.1) is 0 Å². The lowest BCUT2D eigenvalue weighted by Gasteiger charge is -2.12. The maximum Gasteiger partial charge on any atom is 0.338 e. The zero-order valence-electron chi connectivity index (χ0n) is 17.0. The fourth-order valence-corrected chi connectivity index (χ4v) is 3.18. The highest BCUT2D eigenvalue weighted by atomic mass is 79.9. The second-order valence-corrected chi connectivity index (χ2v) is 6.82. The van der Waals surface area contributed by atoms with Gasteiger partial charge in [-0.1, -0.05) is 12.1 Å². The van der Waals surface area contributed by atoms with E-state index in [1.807, 2.05) is 12.1 Å². The van der Waals surface area contributed by atoms with Crippen LogP contribution in [0.15, 0.2) is 40.9 Å². The fourth-order valence-electron chi connectivity index (χ4n) is 2.63. The van der Waals surface area contributed by atoms with Crippen molar-refractivity contribution in [1.82, 2.24) is 15.0 Å². The SMILES string of the molecule is COc1ccccc1Nc1nc(N)nc(COC(=O)c2cc(OC)c(Br)c(OC)c2)n1. The Balaban J connectivity index is 1.76. The van der Waals surface area contributed by atoms with E-state index in [9.17, 15) is 4.79 Å². The molecule has 0 aliphatic rings. The summed E-state index contributed by atoms with van der Waals surface area (Å²) >= 11 is 3.36. The molecule has 0 bridgehead atoms. The standard InChI is InChI=1S/C20H20BrN5O5/c1-28-13-7-5-4-6-12(13)23-20-25-16(24-19(22)26-20)10-31-18(27)11-8-14(29-2)17(21)15(9-11)30-3/h4-9H,10H2,1-3H3,(H3,22,23,24,25,26). The summed E-state index contributed by atoms with van der Waals surface area (Å²) in [5, 5.41) is 3.01. The number of aromatic nitrogens is 3. The summed E-state index contributed by atoms with van der Waals surface area (Å²) < 4.78 is 21.7. The Labute approximate surface area is 186 Å². The number of nitrogens with one attached hydrogen (secondary N) is 1. The summed E-state index contributed by atoms with van der Waals surface area (Å²) in [6.45, 7) is -0.215. The van der Waals surface area contributed by atoms with Crippen molar-refractivity contribution in [3.05, 3.63) is 52.3 Å². The Kier molecular flexibility index (Phi) is 7.08. The van der Waals surface area contributed by atoms with Crippen LogP contribution in [0.4, 0.5) is 17.6 Å². The number of hydrogen-bond donors (Lipinski definition) is 2. The first-order valence-electron chi connectivity index (χ1n) is 8.94. The normalized spacial score (nSPS) is 10.3. The Bertz CT molecular complexity index is 1070. The molecule has 0 atom stereocenters. The Hall–Kier alpha value is -3.60. The molecule has 3 rings (SSSR count). The van der Waals surface area contributed by atoms with Gasteiger partial charge in [0.2, 0.25) is 11.9 Å². The van der Waals surface area contributed by atoms with Gasteiger partial charge in [-0.05, 0) is 40.2 Å². The van der Waals surface area contributed by atoms with Crippen LogP contribution in [0.1, 0.15) is 16.2 Å². The maximum atomic E-state index is 12.5. The molecule has 0 saturated heterocycles. The highest BCUT2D eigenvalue weighted by Crippen LogP contribution is 2.35. The van der Waals surface area contributed by atoms with Gasteiger partial charge in [-0.15, -0.1) is 0 Å². The third-order valence-corrected chi connectivity index (χ3v) is 4.85. The number of benzene rings is 2. The van der Waals surface area contributed by atoms with Crippen molar-refractivity contribution < 1.29 is 23.7 Å².